The van der Waals surface area contributed by atoms with Gasteiger partial charge in [0.2, 0.25) is 0 Å². The molecule has 1 N–H and O–H groups in total. The number of benzene rings is 1. The average Bonchev–Trinajstić information content (AvgIpc) is 2.17. The van der Waals surface area contributed by atoms with Gasteiger partial charge in [0.25, 0.3) is 0 Å². The summed E-state index contributed by atoms with van der Waals surface area (Å²) < 4.78 is 19.6. The van der Waals surface area contributed by atoms with E-state index in [0.717, 1.165) is 11.0 Å². The lowest BCUT2D eigenvalue weighted by Crippen LogP contribution is -2.23. The average molecular weight is 276 g/mol. The summed E-state index contributed by atoms with van der Waals surface area (Å²) in [5.41, 5.74) is 0.584. The van der Waals surface area contributed by atoms with Crippen LogP contribution in [0, 0.1) is 5.82 Å². The molecule has 0 saturated heterocycles. The molecule has 0 fully saturated rings. The zero-order valence-corrected chi connectivity index (χ0v) is 10.5. The van der Waals surface area contributed by atoms with Crippen molar-refractivity contribution < 1.29 is 9.13 Å². The molecule has 0 heterocycles. The maximum atomic E-state index is 13.4. The first-order valence-corrected chi connectivity index (χ1v) is 5.63. The molecule has 0 aliphatic heterocycles. The Hall–Kier alpha value is -0.450. The predicted molar refractivity (Wildman–Crippen MR) is 62.3 cm³/mol. The Morgan fingerprint density at radius 1 is 1.53 bits per heavy atom. The molecule has 15 heavy (non-hydrogen) atoms. The maximum Gasteiger partial charge on any atom is 0.129 e. The number of hydrogen-bond acceptors (Lipinski definition) is 2. The number of ether oxygens (including phenoxy) is 1. The highest BCUT2D eigenvalue weighted by atomic mass is 79.9. The van der Waals surface area contributed by atoms with E-state index in [1.54, 1.807) is 6.07 Å². The molecule has 1 aromatic rings. The van der Waals surface area contributed by atoms with Gasteiger partial charge in [-0.15, -0.1) is 0 Å². The normalized spacial score (nSPS) is 12.8. The summed E-state index contributed by atoms with van der Waals surface area (Å²) in [7, 11) is 1.86. The van der Waals surface area contributed by atoms with Crippen molar-refractivity contribution in [1.29, 1.82) is 0 Å². The molecule has 0 aromatic heterocycles. The Morgan fingerprint density at radius 2 is 2.27 bits per heavy atom. The Balaban J connectivity index is 2.50. The number of rotatable bonds is 5. The van der Waals surface area contributed by atoms with Gasteiger partial charge in [-0.05, 0) is 26.1 Å². The molecule has 84 valence electrons. The zero-order chi connectivity index (χ0) is 11.3. The van der Waals surface area contributed by atoms with E-state index in [1.807, 2.05) is 20.0 Å². The fourth-order valence-corrected chi connectivity index (χ4v) is 1.55. The van der Waals surface area contributed by atoms with Crippen molar-refractivity contribution in [2.24, 2.45) is 0 Å². The molecule has 0 saturated carbocycles. The fraction of sp³-hybridized carbons (Fsp3) is 0.455. The minimum absolute atomic E-state index is 0.0815. The molecule has 0 radical (unpaired) electrons. The second-order valence-electron chi connectivity index (χ2n) is 3.42. The van der Waals surface area contributed by atoms with Gasteiger partial charge in [0.05, 0.1) is 12.7 Å². The third-order valence-electron chi connectivity index (χ3n) is 2.03. The molecule has 0 amide bonds. The topological polar surface area (TPSA) is 21.3 Å². The lowest BCUT2D eigenvalue weighted by molar-refractivity contribution is 0.0528. The van der Waals surface area contributed by atoms with Crippen LogP contribution in [0.25, 0.3) is 0 Å². The van der Waals surface area contributed by atoms with Crippen LogP contribution in [0.2, 0.25) is 0 Å². The summed E-state index contributed by atoms with van der Waals surface area (Å²) in [5, 5.41) is 3.00. The maximum absolute atomic E-state index is 13.4. The molecule has 4 heteroatoms. The van der Waals surface area contributed by atoms with Gasteiger partial charge in [-0.2, -0.15) is 0 Å². The minimum atomic E-state index is -0.235. The molecular formula is C11H15BrFNO. The van der Waals surface area contributed by atoms with E-state index in [4.69, 9.17) is 4.74 Å². The van der Waals surface area contributed by atoms with Crippen molar-refractivity contribution in [2.45, 2.75) is 19.6 Å². The summed E-state index contributed by atoms with van der Waals surface area (Å²) >= 11 is 3.21. The number of likely N-dealkylation sites (N-methyl/N-ethyl adjacent to an activating group) is 1. The van der Waals surface area contributed by atoms with E-state index < -0.39 is 0 Å². The first-order valence-electron chi connectivity index (χ1n) is 4.83. The lowest BCUT2D eigenvalue weighted by atomic mass is 10.2. The van der Waals surface area contributed by atoms with Gasteiger partial charge in [-0.1, -0.05) is 22.0 Å². The van der Waals surface area contributed by atoms with E-state index in [1.165, 1.54) is 6.07 Å². The molecule has 1 unspecified atom stereocenters. The smallest absolute Gasteiger partial charge is 0.129 e. The molecule has 2 nitrogen and oxygen atoms in total. The first kappa shape index (κ1) is 12.6. The first-order chi connectivity index (χ1) is 7.13. The molecule has 0 spiro atoms. The van der Waals surface area contributed by atoms with Crippen molar-refractivity contribution >= 4 is 15.9 Å². The van der Waals surface area contributed by atoms with Crippen LogP contribution in [0.1, 0.15) is 12.5 Å². The van der Waals surface area contributed by atoms with Gasteiger partial charge < -0.3 is 10.1 Å². The Kier molecular flexibility index (Phi) is 5.22. The van der Waals surface area contributed by atoms with E-state index in [-0.39, 0.29) is 11.9 Å². The van der Waals surface area contributed by atoms with Crippen LogP contribution in [-0.2, 0) is 11.3 Å². The summed E-state index contributed by atoms with van der Waals surface area (Å²) in [5.74, 6) is -0.235. The van der Waals surface area contributed by atoms with Crippen LogP contribution in [0.4, 0.5) is 4.39 Å². The van der Waals surface area contributed by atoms with Crippen LogP contribution >= 0.6 is 15.9 Å². The molecule has 1 aromatic carbocycles. The molecular weight excluding hydrogens is 261 g/mol. The molecule has 1 atom stereocenters. The summed E-state index contributed by atoms with van der Waals surface area (Å²) in [4.78, 5) is 0. The largest absolute Gasteiger partial charge is 0.372 e. The highest BCUT2D eigenvalue weighted by molar-refractivity contribution is 9.10. The van der Waals surface area contributed by atoms with E-state index in [0.29, 0.717) is 12.2 Å². The van der Waals surface area contributed by atoms with Crippen molar-refractivity contribution in [2.75, 3.05) is 13.6 Å². The summed E-state index contributed by atoms with van der Waals surface area (Å²) in [6, 6.07) is 4.98. The van der Waals surface area contributed by atoms with Gasteiger partial charge in [0.15, 0.2) is 0 Å². The summed E-state index contributed by atoms with van der Waals surface area (Å²) in [6.07, 6.45) is 0.0815. The third-order valence-corrected chi connectivity index (χ3v) is 2.52. The molecule has 0 aliphatic rings. The quantitative estimate of drug-likeness (QED) is 0.892. The van der Waals surface area contributed by atoms with Crippen LogP contribution in [-0.4, -0.2) is 19.7 Å². The predicted octanol–water partition coefficient (Wildman–Crippen LogP) is 2.71. The van der Waals surface area contributed by atoms with Crippen LogP contribution < -0.4 is 5.32 Å². The zero-order valence-electron chi connectivity index (χ0n) is 8.89. The monoisotopic (exact) mass is 275 g/mol. The van der Waals surface area contributed by atoms with Gasteiger partial charge in [0.1, 0.15) is 5.82 Å². The van der Waals surface area contributed by atoms with Crippen LogP contribution in [0.5, 0.6) is 0 Å². The second-order valence-corrected chi connectivity index (χ2v) is 4.33. The van der Waals surface area contributed by atoms with Gasteiger partial charge in [-0.25, -0.2) is 4.39 Å². The van der Waals surface area contributed by atoms with E-state index >= 15 is 0 Å². The minimum Gasteiger partial charge on any atom is -0.372 e. The summed E-state index contributed by atoms with van der Waals surface area (Å²) in [6.45, 7) is 3.02. The van der Waals surface area contributed by atoms with Gasteiger partial charge in [-0.3, -0.25) is 0 Å². The Morgan fingerprint density at radius 3 is 2.87 bits per heavy atom. The molecule has 0 aliphatic carbocycles. The Bertz CT molecular complexity index is 319. The van der Waals surface area contributed by atoms with E-state index in [9.17, 15) is 4.39 Å². The number of hydrogen-bond donors (Lipinski definition) is 1. The highest BCUT2D eigenvalue weighted by Crippen LogP contribution is 2.16. The van der Waals surface area contributed by atoms with Gasteiger partial charge in [0, 0.05) is 16.6 Å². The fourth-order valence-electron chi connectivity index (χ4n) is 1.22. The SMILES string of the molecule is CNCC(C)OCc1ccc(Br)cc1F. The van der Waals surface area contributed by atoms with Crippen molar-refractivity contribution in [3.05, 3.63) is 34.1 Å². The Labute approximate surface area is 98.0 Å². The third kappa shape index (κ3) is 4.28. The standard InChI is InChI=1S/C11H15BrFNO/c1-8(6-14-2)15-7-9-3-4-10(12)5-11(9)13/h3-5,8,14H,6-7H2,1-2H3. The van der Waals surface area contributed by atoms with Crippen LogP contribution in [0.15, 0.2) is 22.7 Å². The number of nitrogens with one attached hydrogen (secondary N) is 1. The molecule has 0 bridgehead atoms. The van der Waals surface area contributed by atoms with Crippen molar-refractivity contribution in [3.63, 3.8) is 0 Å². The van der Waals surface area contributed by atoms with Gasteiger partial charge >= 0.3 is 0 Å². The van der Waals surface area contributed by atoms with Crippen LogP contribution in [0.3, 0.4) is 0 Å². The van der Waals surface area contributed by atoms with Crippen molar-refractivity contribution in [1.82, 2.24) is 5.32 Å². The highest BCUT2D eigenvalue weighted by Gasteiger charge is 2.05. The van der Waals surface area contributed by atoms with E-state index in [2.05, 4.69) is 21.2 Å². The lowest BCUT2D eigenvalue weighted by Gasteiger charge is -2.12. The molecule has 1 rings (SSSR count). The number of halogens is 2. The van der Waals surface area contributed by atoms with Crippen molar-refractivity contribution in [3.8, 4) is 0 Å². The second kappa shape index (κ2) is 6.20.